The van der Waals surface area contributed by atoms with E-state index in [1.54, 1.807) is 32.8 Å². The largest absolute Gasteiger partial charge is 0.455 e. The maximum atomic E-state index is 13.7. The fourth-order valence-electron chi connectivity index (χ4n) is 6.92. The molecule has 8 atom stereocenters. The quantitative estimate of drug-likeness (QED) is 0.401. The second kappa shape index (κ2) is 8.57. The summed E-state index contributed by atoms with van der Waals surface area (Å²) in [5, 5.41) is 35.2. The van der Waals surface area contributed by atoms with Crippen molar-refractivity contribution in [2.75, 3.05) is 20.6 Å². The average Bonchev–Trinajstić information content (AvgIpc) is 2.65. The van der Waals surface area contributed by atoms with E-state index in [-0.39, 0.29) is 25.4 Å². The minimum Gasteiger partial charge on any atom is -0.455 e. The molecule has 0 bridgehead atoms. The summed E-state index contributed by atoms with van der Waals surface area (Å²) in [4.78, 5) is 28.1. The number of likely N-dealkylation sites (N-methyl/N-ethyl adjacent to an activating group) is 1. The molecule has 190 valence electrons. The van der Waals surface area contributed by atoms with Crippen molar-refractivity contribution in [1.82, 2.24) is 4.90 Å². The molecule has 0 radical (unpaired) electrons. The molecule has 1 saturated heterocycles. The Morgan fingerprint density at radius 3 is 2.33 bits per heavy atom. The van der Waals surface area contributed by atoms with Gasteiger partial charge in [-0.05, 0) is 46.2 Å². The van der Waals surface area contributed by atoms with Crippen molar-refractivity contribution in [3.8, 4) is 0 Å². The molecule has 1 heterocycles. The van der Waals surface area contributed by atoms with E-state index in [2.05, 4.69) is 6.58 Å². The number of fused-ring (bicyclic) bond motifs is 3. The molecule has 2 saturated carbocycles. The average molecular weight is 490 g/mol. The number of halogens is 1. The predicted octanol–water partition coefficient (Wildman–Crippen LogP) is 1.48. The molecule has 0 aromatic rings. The van der Waals surface area contributed by atoms with Crippen LogP contribution in [-0.4, -0.2) is 87.7 Å². The molecular weight excluding hydrogens is 450 g/mol. The standard InChI is InChI=1S/C24H39NO7.ClH/c1-9-21(4)12-15(27)24(30)22(5)14(26)10-11-20(2,3)18(22)17(29)19(23(24,6)32-21)31-16(28)13-25(7)8;/h9,14,17-19,26,29-30H,1,10-13H2,2-8H3;1H/t14-,17-,18-,19-,21-,22-,23+,24-;/m0./s1. The number of ketones is 1. The summed E-state index contributed by atoms with van der Waals surface area (Å²) < 4.78 is 12.1. The Kier molecular flexibility index (Phi) is 7.33. The second-order valence-corrected chi connectivity index (χ2v) is 11.5. The van der Waals surface area contributed by atoms with Crippen LogP contribution < -0.4 is 0 Å². The van der Waals surface area contributed by atoms with E-state index in [0.29, 0.717) is 12.8 Å². The summed E-state index contributed by atoms with van der Waals surface area (Å²) in [7, 11) is 3.42. The number of Topliss-reactive ketones (excluding diaryl/α,β-unsaturated/α-hetero) is 1. The Morgan fingerprint density at radius 2 is 1.82 bits per heavy atom. The molecule has 2 aliphatic carbocycles. The van der Waals surface area contributed by atoms with Gasteiger partial charge in [-0.2, -0.15) is 0 Å². The number of aliphatic hydroxyl groups is 3. The van der Waals surface area contributed by atoms with Crippen LogP contribution in [0.5, 0.6) is 0 Å². The Labute approximate surface area is 202 Å². The smallest absolute Gasteiger partial charge is 0.320 e. The van der Waals surface area contributed by atoms with Gasteiger partial charge >= 0.3 is 5.97 Å². The maximum absolute atomic E-state index is 13.7. The van der Waals surface area contributed by atoms with Gasteiger partial charge in [-0.25, -0.2) is 0 Å². The highest BCUT2D eigenvalue weighted by atomic mass is 35.5. The number of hydrogen-bond acceptors (Lipinski definition) is 8. The molecule has 33 heavy (non-hydrogen) atoms. The lowest BCUT2D eigenvalue weighted by molar-refractivity contribution is -0.370. The topological polar surface area (TPSA) is 117 Å². The minimum absolute atomic E-state index is 0. The van der Waals surface area contributed by atoms with E-state index in [1.807, 2.05) is 13.8 Å². The molecule has 3 aliphatic rings. The molecule has 0 unspecified atom stereocenters. The van der Waals surface area contributed by atoms with Gasteiger partial charge < -0.3 is 24.8 Å². The van der Waals surface area contributed by atoms with Crippen molar-refractivity contribution in [2.45, 2.75) is 89.0 Å². The Bertz CT molecular complexity index is 819. The number of esters is 1. The van der Waals surface area contributed by atoms with E-state index in [1.165, 1.54) is 13.0 Å². The van der Waals surface area contributed by atoms with Crippen LogP contribution >= 0.6 is 12.4 Å². The van der Waals surface area contributed by atoms with Crippen molar-refractivity contribution < 1.29 is 34.4 Å². The molecule has 0 aromatic carbocycles. The van der Waals surface area contributed by atoms with E-state index in [9.17, 15) is 24.9 Å². The van der Waals surface area contributed by atoms with Crippen LogP contribution in [0.4, 0.5) is 0 Å². The van der Waals surface area contributed by atoms with Crippen LogP contribution in [0.1, 0.15) is 53.9 Å². The van der Waals surface area contributed by atoms with Gasteiger partial charge in [0, 0.05) is 17.8 Å². The van der Waals surface area contributed by atoms with Gasteiger partial charge in [0.25, 0.3) is 0 Å². The fraction of sp³-hybridized carbons (Fsp3) is 0.833. The number of aliphatic hydroxyl groups excluding tert-OH is 2. The van der Waals surface area contributed by atoms with Crippen LogP contribution in [0.2, 0.25) is 0 Å². The highest BCUT2D eigenvalue weighted by molar-refractivity contribution is 5.92. The molecule has 3 N–H and O–H groups in total. The third-order valence-electron chi connectivity index (χ3n) is 8.43. The fourth-order valence-corrected chi connectivity index (χ4v) is 6.92. The van der Waals surface area contributed by atoms with E-state index in [4.69, 9.17) is 9.47 Å². The number of ether oxygens (including phenoxy) is 2. The van der Waals surface area contributed by atoms with Crippen molar-refractivity contribution in [2.24, 2.45) is 16.7 Å². The molecule has 0 spiro atoms. The van der Waals surface area contributed by atoms with Gasteiger partial charge in [-0.1, -0.05) is 26.8 Å². The predicted molar refractivity (Wildman–Crippen MR) is 125 cm³/mol. The second-order valence-electron chi connectivity index (χ2n) is 11.5. The van der Waals surface area contributed by atoms with Crippen LogP contribution in [0, 0.1) is 16.7 Å². The SMILES string of the molecule is C=C[C@@]1(C)CC(=O)[C@]2(O)[C@@]3(C)[C@@H](O)CCC(C)(C)[C@@H]3[C@H](O)[C@H](OC(=O)CN(C)C)[C@@]2(C)O1.Cl. The first-order valence-electron chi connectivity index (χ1n) is 11.3. The minimum atomic E-state index is -2.20. The van der Waals surface area contributed by atoms with Gasteiger partial charge in [-0.3, -0.25) is 14.5 Å². The highest BCUT2D eigenvalue weighted by Crippen LogP contribution is 2.67. The molecule has 0 aromatic heterocycles. The van der Waals surface area contributed by atoms with Gasteiger partial charge in [0.2, 0.25) is 0 Å². The summed E-state index contributed by atoms with van der Waals surface area (Å²) in [5.41, 5.74) is -7.12. The zero-order valence-electron chi connectivity index (χ0n) is 20.8. The molecule has 9 heteroatoms. The van der Waals surface area contributed by atoms with Gasteiger partial charge in [0.1, 0.15) is 5.60 Å². The number of carbonyl (C=O) groups excluding carboxylic acids is 2. The molecule has 1 aliphatic heterocycles. The summed E-state index contributed by atoms with van der Waals surface area (Å²) in [5.74, 6) is -1.85. The van der Waals surface area contributed by atoms with Crippen LogP contribution in [-0.2, 0) is 19.1 Å². The highest BCUT2D eigenvalue weighted by Gasteiger charge is 2.81. The zero-order valence-corrected chi connectivity index (χ0v) is 21.6. The normalized spacial score (nSPS) is 46.6. The summed E-state index contributed by atoms with van der Waals surface area (Å²) in [6.07, 6.45) is -1.38. The van der Waals surface area contributed by atoms with Gasteiger partial charge in [0.05, 0.1) is 24.4 Å². The summed E-state index contributed by atoms with van der Waals surface area (Å²) in [6.45, 7) is 12.4. The van der Waals surface area contributed by atoms with E-state index >= 15 is 0 Å². The Morgan fingerprint density at radius 1 is 1.24 bits per heavy atom. The lowest BCUT2D eigenvalue weighted by Gasteiger charge is -2.71. The first-order chi connectivity index (χ1) is 14.5. The van der Waals surface area contributed by atoms with Crippen molar-refractivity contribution in [3.63, 3.8) is 0 Å². The Hall–Kier alpha value is -1.03. The first-order valence-corrected chi connectivity index (χ1v) is 11.3. The van der Waals surface area contributed by atoms with Crippen molar-refractivity contribution in [1.29, 1.82) is 0 Å². The molecule has 8 nitrogen and oxygen atoms in total. The Balaban J connectivity index is 0.00000385. The van der Waals surface area contributed by atoms with E-state index < -0.39 is 63.6 Å². The van der Waals surface area contributed by atoms with Gasteiger partial charge in [0.15, 0.2) is 17.5 Å². The van der Waals surface area contributed by atoms with Crippen LogP contribution in [0.3, 0.4) is 0 Å². The summed E-state index contributed by atoms with van der Waals surface area (Å²) in [6, 6.07) is 0. The van der Waals surface area contributed by atoms with Crippen molar-refractivity contribution in [3.05, 3.63) is 12.7 Å². The number of carbonyl (C=O) groups is 2. The third kappa shape index (κ3) is 3.78. The van der Waals surface area contributed by atoms with Crippen molar-refractivity contribution >= 4 is 24.2 Å². The molecule has 0 amide bonds. The van der Waals surface area contributed by atoms with Crippen LogP contribution in [0.15, 0.2) is 12.7 Å². The molecule has 3 fully saturated rings. The third-order valence-corrected chi connectivity index (χ3v) is 8.43. The summed E-state index contributed by atoms with van der Waals surface area (Å²) >= 11 is 0. The lowest BCUT2D eigenvalue weighted by atomic mass is 9.40. The molecule has 3 rings (SSSR count). The maximum Gasteiger partial charge on any atom is 0.320 e. The zero-order chi connectivity index (χ0) is 24.5. The number of nitrogens with zero attached hydrogens (tertiary/aromatic N) is 1. The van der Waals surface area contributed by atoms with Gasteiger partial charge in [-0.15, -0.1) is 19.0 Å². The number of rotatable bonds is 4. The lowest BCUT2D eigenvalue weighted by Crippen LogP contribution is -2.86. The monoisotopic (exact) mass is 489 g/mol. The van der Waals surface area contributed by atoms with E-state index in [0.717, 1.165) is 0 Å². The molecular formula is C24H40ClNO7. The first kappa shape index (κ1) is 28.2. The number of hydrogen-bond donors (Lipinski definition) is 3. The van der Waals surface area contributed by atoms with Crippen LogP contribution in [0.25, 0.3) is 0 Å².